The highest BCUT2D eigenvalue weighted by molar-refractivity contribution is 5.70. The SMILES string of the molecule is CC/C=C\C/C=C\C/C=C\C/C=C\C/C=C\C/C=C\CCCCCCCCCCCCCCCCCCC(=O)OC(CO)COC(=O)CCCCCCCCCCCCCCC/C=C\C/C=C\CCCCCCC. The van der Waals surface area contributed by atoms with E-state index in [1.807, 2.05) is 0 Å². The summed E-state index contributed by atoms with van der Waals surface area (Å²) in [6.07, 6.45) is 91.2. The van der Waals surface area contributed by atoms with E-state index >= 15 is 0 Å². The second-order valence-corrected chi connectivity index (χ2v) is 21.1. The summed E-state index contributed by atoms with van der Waals surface area (Å²) in [4.78, 5) is 24.6. The standard InChI is InChI=1S/C69H120O5/c1-3-5-7-9-11-13-15-17-19-21-23-25-27-29-30-31-32-33-34-35-36-37-38-40-42-44-46-48-50-52-54-56-58-60-62-64-69(72)74-67(65-70)66-73-68(71)63-61-59-57-55-53-51-49-47-45-43-41-39-28-26-24-22-20-18-16-14-12-10-8-6-4-2/h5,7,11,13,16-19,22-25,29-30,32-33,67,70H,3-4,6,8-10,12,14-15,20-21,26-28,31,34-66H2,1-2H3/b7-5-,13-11-,18-16-,19-17-,24-22-,25-23-,30-29-,33-32-. The maximum Gasteiger partial charge on any atom is 0.306 e. The van der Waals surface area contributed by atoms with Crippen LogP contribution in [0, 0.1) is 0 Å². The highest BCUT2D eigenvalue weighted by Crippen LogP contribution is 2.17. The van der Waals surface area contributed by atoms with Gasteiger partial charge in [-0.05, 0) is 96.3 Å². The van der Waals surface area contributed by atoms with Crippen molar-refractivity contribution in [1.29, 1.82) is 0 Å². The zero-order valence-corrected chi connectivity index (χ0v) is 48.8. The Morgan fingerprint density at radius 3 is 0.878 bits per heavy atom. The monoisotopic (exact) mass is 1030 g/mol. The van der Waals surface area contributed by atoms with Crippen LogP contribution in [0.25, 0.3) is 0 Å². The molecule has 0 saturated heterocycles. The number of ether oxygens (including phenoxy) is 2. The van der Waals surface area contributed by atoms with Crippen LogP contribution < -0.4 is 0 Å². The molecule has 74 heavy (non-hydrogen) atoms. The normalized spacial score (nSPS) is 12.9. The Morgan fingerprint density at radius 2 is 0.581 bits per heavy atom. The zero-order valence-electron chi connectivity index (χ0n) is 48.8. The molecule has 1 unspecified atom stereocenters. The van der Waals surface area contributed by atoms with Crippen molar-refractivity contribution >= 4 is 11.9 Å². The third kappa shape index (κ3) is 61.4. The first-order valence-electron chi connectivity index (χ1n) is 31.8. The van der Waals surface area contributed by atoms with Crippen LogP contribution in [0.5, 0.6) is 0 Å². The molecule has 5 heteroatoms. The molecule has 0 heterocycles. The summed E-state index contributed by atoms with van der Waals surface area (Å²) in [6, 6.07) is 0. The van der Waals surface area contributed by atoms with Gasteiger partial charge in [0.15, 0.2) is 6.10 Å². The lowest BCUT2D eigenvalue weighted by Gasteiger charge is -2.15. The van der Waals surface area contributed by atoms with Crippen LogP contribution in [-0.4, -0.2) is 36.4 Å². The molecule has 0 rings (SSSR count). The molecule has 426 valence electrons. The molecule has 1 N–H and O–H groups in total. The number of carbonyl (C=O) groups excluding carboxylic acids is 2. The fourth-order valence-electron chi connectivity index (χ4n) is 9.12. The Bertz CT molecular complexity index is 1400. The van der Waals surface area contributed by atoms with Gasteiger partial charge in [0.1, 0.15) is 6.61 Å². The van der Waals surface area contributed by atoms with E-state index in [-0.39, 0.29) is 25.2 Å². The molecule has 0 aromatic carbocycles. The number of aliphatic hydroxyl groups is 1. The van der Waals surface area contributed by atoms with Crippen LogP contribution in [0.2, 0.25) is 0 Å². The van der Waals surface area contributed by atoms with Crippen LogP contribution in [0.3, 0.4) is 0 Å². The van der Waals surface area contributed by atoms with Crippen LogP contribution in [0.1, 0.15) is 309 Å². The Labute approximate surface area is 459 Å². The smallest absolute Gasteiger partial charge is 0.306 e. The van der Waals surface area contributed by atoms with E-state index in [1.165, 1.54) is 199 Å². The minimum atomic E-state index is -0.777. The number of carbonyl (C=O) groups is 2. The molecule has 0 fully saturated rings. The van der Waals surface area contributed by atoms with Crippen molar-refractivity contribution in [3.8, 4) is 0 Å². The fraction of sp³-hybridized carbons (Fsp3) is 0.739. The predicted octanol–water partition coefficient (Wildman–Crippen LogP) is 21.9. The quantitative estimate of drug-likeness (QED) is 0.0373. The lowest BCUT2D eigenvalue weighted by molar-refractivity contribution is -0.161. The summed E-state index contributed by atoms with van der Waals surface area (Å²) in [6.45, 7) is 4.04. The summed E-state index contributed by atoms with van der Waals surface area (Å²) in [7, 11) is 0. The van der Waals surface area contributed by atoms with Crippen molar-refractivity contribution in [2.75, 3.05) is 13.2 Å². The summed E-state index contributed by atoms with van der Waals surface area (Å²) >= 11 is 0. The summed E-state index contributed by atoms with van der Waals surface area (Å²) in [5, 5.41) is 9.68. The van der Waals surface area contributed by atoms with Crippen molar-refractivity contribution in [3.05, 3.63) is 97.2 Å². The number of unbranched alkanes of at least 4 members (excludes halogenated alkanes) is 34. The minimum Gasteiger partial charge on any atom is -0.462 e. The molecule has 0 aliphatic rings. The highest BCUT2D eigenvalue weighted by Gasteiger charge is 2.16. The van der Waals surface area contributed by atoms with Crippen molar-refractivity contribution < 1.29 is 24.2 Å². The number of aliphatic hydroxyl groups excluding tert-OH is 1. The number of allylic oxidation sites excluding steroid dienone is 16. The molecule has 0 saturated carbocycles. The third-order valence-corrected chi connectivity index (χ3v) is 13.9. The molecule has 1 atom stereocenters. The number of esters is 2. The van der Waals surface area contributed by atoms with Gasteiger partial charge in [-0.3, -0.25) is 9.59 Å². The van der Waals surface area contributed by atoms with Gasteiger partial charge in [0.05, 0.1) is 6.61 Å². The van der Waals surface area contributed by atoms with Crippen molar-refractivity contribution in [1.82, 2.24) is 0 Å². The van der Waals surface area contributed by atoms with E-state index in [4.69, 9.17) is 9.47 Å². The molecule has 0 bridgehead atoms. The van der Waals surface area contributed by atoms with Gasteiger partial charge in [0, 0.05) is 12.8 Å². The number of hydrogen-bond acceptors (Lipinski definition) is 5. The molecule has 0 aliphatic heterocycles. The van der Waals surface area contributed by atoms with E-state index in [2.05, 4.69) is 111 Å². The first-order chi connectivity index (χ1) is 36.6. The molecule has 0 amide bonds. The van der Waals surface area contributed by atoms with Gasteiger partial charge in [0.2, 0.25) is 0 Å². The topological polar surface area (TPSA) is 72.8 Å². The maximum absolute atomic E-state index is 12.3. The van der Waals surface area contributed by atoms with Gasteiger partial charge in [-0.25, -0.2) is 0 Å². The van der Waals surface area contributed by atoms with Crippen LogP contribution in [-0.2, 0) is 19.1 Å². The van der Waals surface area contributed by atoms with Crippen LogP contribution >= 0.6 is 0 Å². The fourth-order valence-corrected chi connectivity index (χ4v) is 9.12. The average molecular weight is 1030 g/mol. The van der Waals surface area contributed by atoms with Crippen LogP contribution in [0.4, 0.5) is 0 Å². The van der Waals surface area contributed by atoms with Crippen LogP contribution in [0.15, 0.2) is 97.2 Å². The Hall–Kier alpha value is -3.18. The first kappa shape index (κ1) is 70.8. The first-order valence-corrected chi connectivity index (χ1v) is 31.8. The lowest BCUT2D eigenvalue weighted by atomic mass is 10.0. The Kier molecular flexibility index (Phi) is 61.4. The van der Waals surface area contributed by atoms with Crippen molar-refractivity contribution in [3.63, 3.8) is 0 Å². The van der Waals surface area contributed by atoms with E-state index in [1.54, 1.807) is 0 Å². The third-order valence-electron chi connectivity index (χ3n) is 13.9. The van der Waals surface area contributed by atoms with Gasteiger partial charge in [-0.2, -0.15) is 0 Å². The van der Waals surface area contributed by atoms with Gasteiger partial charge in [-0.1, -0.05) is 297 Å². The van der Waals surface area contributed by atoms with Crippen molar-refractivity contribution in [2.24, 2.45) is 0 Å². The summed E-state index contributed by atoms with van der Waals surface area (Å²) < 4.78 is 10.7. The Balaban J connectivity index is 3.47. The molecule has 0 aliphatic carbocycles. The highest BCUT2D eigenvalue weighted by atomic mass is 16.6. The second-order valence-electron chi connectivity index (χ2n) is 21.1. The summed E-state index contributed by atoms with van der Waals surface area (Å²) in [5.41, 5.74) is 0. The molecule has 0 radical (unpaired) electrons. The molecule has 0 spiro atoms. The molecule has 5 nitrogen and oxygen atoms in total. The number of hydrogen-bond donors (Lipinski definition) is 1. The van der Waals surface area contributed by atoms with Gasteiger partial charge in [0.25, 0.3) is 0 Å². The van der Waals surface area contributed by atoms with E-state index < -0.39 is 6.10 Å². The molecular formula is C69H120O5. The largest absolute Gasteiger partial charge is 0.462 e. The molecular weight excluding hydrogens is 909 g/mol. The number of rotatable bonds is 58. The molecule has 0 aromatic rings. The van der Waals surface area contributed by atoms with Gasteiger partial charge < -0.3 is 14.6 Å². The maximum atomic E-state index is 12.3. The second kappa shape index (κ2) is 64.1. The summed E-state index contributed by atoms with van der Waals surface area (Å²) in [5.74, 6) is -0.582. The minimum absolute atomic E-state index is 0.0668. The van der Waals surface area contributed by atoms with Gasteiger partial charge >= 0.3 is 11.9 Å². The molecule has 0 aromatic heterocycles. The average Bonchev–Trinajstić information content (AvgIpc) is 3.40. The van der Waals surface area contributed by atoms with E-state index in [0.717, 1.165) is 83.5 Å². The van der Waals surface area contributed by atoms with Gasteiger partial charge in [-0.15, -0.1) is 0 Å². The zero-order chi connectivity index (χ0) is 53.4. The van der Waals surface area contributed by atoms with Crippen molar-refractivity contribution in [2.45, 2.75) is 315 Å². The van der Waals surface area contributed by atoms with E-state index in [9.17, 15) is 14.7 Å². The van der Waals surface area contributed by atoms with E-state index in [0.29, 0.717) is 12.8 Å². The predicted molar refractivity (Wildman–Crippen MR) is 325 cm³/mol. The lowest BCUT2D eigenvalue weighted by Crippen LogP contribution is -2.28. The Morgan fingerprint density at radius 1 is 0.324 bits per heavy atom.